The van der Waals surface area contributed by atoms with Crippen LogP contribution in [0.5, 0.6) is 0 Å². The van der Waals surface area contributed by atoms with Crippen molar-refractivity contribution in [2.75, 3.05) is 13.2 Å². The van der Waals surface area contributed by atoms with Gasteiger partial charge in [0.2, 0.25) is 0 Å². The molecule has 0 fully saturated rings. The molecule has 0 aliphatic rings. The second kappa shape index (κ2) is 10.3. The summed E-state index contributed by atoms with van der Waals surface area (Å²) in [5, 5.41) is 21.2. The van der Waals surface area contributed by atoms with Crippen LogP contribution in [0.3, 0.4) is 0 Å². The van der Waals surface area contributed by atoms with Gasteiger partial charge >= 0.3 is 7.82 Å². The van der Waals surface area contributed by atoms with Crippen LogP contribution in [0.15, 0.2) is 48.5 Å². The van der Waals surface area contributed by atoms with Crippen molar-refractivity contribution in [3.05, 3.63) is 79.9 Å². The lowest BCUT2D eigenvalue weighted by molar-refractivity contribution is -0.385. The minimum absolute atomic E-state index is 0.0333. The molecule has 0 aromatic heterocycles. The lowest BCUT2D eigenvalue weighted by Crippen LogP contribution is -2.03. The summed E-state index contributed by atoms with van der Waals surface area (Å²) >= 11 is 5.22. The highest BCUT2D eigenvalue weighted by atomic mass is 35.5. The van der Waals surface area contributed by atoms with Crippen LogP contribution in [0.4, 0.5) is 11.4 Å². The van der Waals surface area contributed by atoms with E-state index in [0.29, 0.717) is 12.8 Å². The molecule has 2 aromatic carbocycles. The van der Waals surface area contributed by atoms with Gasteiger partial charge in [0.15, 0.2) is 0 Å². The summed E-state index contributed by atoms with van der Waals surface area (Å²) < 4.78 is 26.8. The average Bonchev–Trinajstić information content (AvgIpc) is 2.69. The van der Waals surface area contributed by atoms with Gasteiger partial charge in [-0.15, -0.1) is 0 Å². The van der Waals surface area contributed by atoms with Crippen LogP contribution >= 0.6 is 19.7 Å². The zero-order valence-corrected chi connectivity index (χ0v) is 16.1. The van der Waals surface area contributed by atoms with Gasteiger partial charge in [0.1, 0.15) is 0 Å². The van der Waals surface area contributed by atoms with Crippen LogP contribution in [0.1, 0.15) is 11.1 Å². The molecule has 0 unspecified atom stereocenters. The van der Waals surface area contributed by atoms with E-state index in [1.54, 1.807) is 24.3 Å². The van der Waals surface area contributed by atoms with Gasteiger partial charge < -0.3 is 0 Å². The highest BCUT2D eigenvalue weighted by molar-refractivity contribution is 7.49. The predicted molar refractivity (Wildman–Crippen MR) is 100 cm³/mol. The number of nitrogens with zero attached hydrogens (tertiary/aromatic N) is 2. The maximum atomic E-state index is 12.3. The van der Waals surface area contributed by atoms with Gasteiger partial charge in [0, 0.05) is 24.3 Å². The third-order valence-electron chi connectivity index (χ3n) is 3.66. The van der Waals surface area contributed by atoms with Crippen LogP contribution < -0.4 is 0 Å². The summed E-state index contributed by atoms with van der Waals surface area (Å²) in [4.78, 5) is 20.2. The second-order valence-corrected chi connectivity index (χ2v) is 7.49. The summed E-state index contributed by atoms with van der Waals surface area (Å²) in [5.41, 5.74) is 1.40. The molecular formula is C16H16ClN2O8P. The Morgan fingerprint density at radius 3 is 1.43 bits per heavy atom. The Labute approximate surface area is 165 Å². The standard InChI is InChI=1S/C16H16ClN2O8P/c17-27-28(24,25-11-9-13-1-5-15(6-2-13)18(20)21)26-12-10-14-3-7-16(8-4-14)19(22)23/h1-8H,9-12H2. The molecule has 28 heavy (non-hydrogen) atoms. The molecule has 10 nitrogen and oxygen atoms in total. The maximum absolute atomic E-state index is 12.3. The SMILES string of the molecule is O=[N+]([O-])c1ccc(CCOP(=O)(OCl)OCCc2ccc([N+](=O)[O-])cc2)cc1. The van der Waals surface area contributed by atoms with E-state index in [2.05, 4.69) is 4.08 Å². The molecule has 0 aliphatic carbocycles. The van der Waals surface area contributed by atoms with Gasteiger partial charge in [-0.25, -0.2) is 4.57 Å². The van der Waals surface area contributed by atoms with Crippen molar-refractivity contribution in [1.82, 2.24) is 0 Å². The summed E-state index contributed by atoms with van der Waals surface area (Å²) in [6.07, 6.45) is 0.627. The zero-order chi connectivity index (χ0) is 20.6. The van der Waals surface area contributed by atoms with E-state index >= 15 is 0 Å². The van der Waals surface area contributed by atoms with Crippen LogP contribution in [0.2, 0.25) is 0 Å². The second-order valence-electron chi connectivity index (χ2n) is 5.53. The monoisotopic (exact) mass is 430 g/mol. The molecule has 2 aromatic rings. The van der Waals surface area contributed by atoms with Crippen LogP contribution in [-0.4, -0.2) is 23.1 Å². The molecule has 150 valence electrons. The molecule has 0 radical (unpaired) electrons. The summed E-state index contributed by atoms with van der Waals surface area (Å²) in [6, 6.07) is 11.7. The molecule has 12 heteroatoms. The molecule has 0 atom stereocenters. The Kier molecular flexibility index (Phi) is 8.04. The topological polar surface area (TPSA) is 131 Å². The van der Waals surface area contributed by atoms with Gasteiger partial charge in [-0.1, -0.05) is 24.3 Å². The number of halogens is 1. The highest BCUT2D eigenvalue weighted by Gasteiger charge is 2.26. The summed E-state index contributed by atoms with van der Waals surface area (Å²) in [7, 11) is -3.98. The van der Waals surface area contributed by atoms with Crippen molar-refractivity contribution >= 4 is 31.1 Å². The van der Waals surface area contributed by atoms with Crippen LogP contribution in [-0.2, 0) is 30.5 Å². The third kappa shape index (κ3) is 6.66. The first-order valence-corrected chi connectivity index (χ1v) is 9.76. The molecule has 0 aliphatic heterocycles. The van der Waals surface area contributed by atoms with Crippen molar-refractivity contribution in [3.63, 3.8) is 0 Å². The number of phosphoric acid groups is 1. The minimum atomic E-state index is -3.98. The smallest absolute Gasteiger partial charge is 0.286 e. The third-order valence-corrected chi connectivity index (χ3v) is 5.33. The number of hydrogen-bond acceptors (Lipinski definition) is 8. The van der Waals surface area contributed by atoms with E-state index in [9.17, 15) is 24.8 Å². The predicted octanol–water partition coefficient (Wildman–Crippen LogP) is 4.60. The lowest BCUT2D eigenvalue weighted by atomic mass is 10.1. The molecule has 0 saturated carbocycles. The normalized spacial score (nSPS) is 11.3. The Morgan fingerprint density at radius 1 is 0.786 bits per heavy atom. The molecule has 0 bridgehead atoms. The number of benzene rings is 2. The lowest BCUT2D eigenvalue weighted by Gasteiger charge is -2.14. The molecule has 0 amide bonds. The molecule has 2 rings (SSSR count). The van der Waals surface area contributed by atoms with E-state index in [-0.39, 0.29) is 24.6 Å². The number of nitro benzene ring substituents is 2. The van der Waals surface area contributed by atoms with Gasteiger partial charge in [-0.2, -0.15) is 4.08 Å². The van der Waals surface area contributed by atoms with E-state index in [0.717, 1.165) is 11.1 Å². The first-order chi connectivity index (χ1) is 13.3. The van der Waals surface area contributed by atoms with Gasteiger partial charge in [0.25, 0.3) is 11.4 Å². The number of non-ortho nitro benzene ring substituents is 2. The van der Waals surface area contributed by atoms with Crippen molar-refractivity contribution in [1.29, 1.82) is 0 Å². The average molecular weight is 431 g/mol. The van der Waals surface area contributed by atoms with Gasteiger partial charge in [-0.3, -0.25) is 29.3 Å². The highest BCUT2D eigenvalue weighted by Crippen LogP contribution is 2.50. The Morgan fingerprint density at radius 2 is 1.14 bits per heavy atom. The molecule has 0 N–H and O–H groups in total. The Hall–Kier alpha value is -2.36. The van der Waals surface area contributed by atoms with Gasteiger partial charge in [-0.05, 0) is 24.0 Å². The minimum Gasteiger partial charge on any atom is -0.286 e. The first-order valence-electron chi connectivity index (χ1n) is 7.99. The van der Waals surface area contributed by atoms with Crippen molar-refractivity contribution in [2.45, 2.75) is 12.8 Å². The number of phosphoric ester groups is 1. The molecule has 0 spiro atoms. The molecule has 0 saturated heterocycles. The first kappa shape index (κ1) is 21.9. The summed E-state index contributed by atoms with van der Waals surface area (Å²) in [6.45, 7) is -0.0846. The molecular weight excluding hydrogens is 415 g/mol. The van der Waals surface area contributed by atoms with E-state index < -0.39 is 17.7 Å². The number of hydrogen-bond donors (Lipinski definition) is 0. The van der Waals surface area contributed by atoms with Crippen LogP contribution in [0.25, 0.3) is 0 Å². The quantitative estimate of drug-likeness (QED) is 0.287. The number of nitro groups is 2. The Bertz CT molecular complexity index is 792. The van der Waals surface area contributed by atoms with E-state index in [1.165, 1.54) is 24.3 Å². The zero-order valence-electron chi connectivity index (χ0n) is 14.4. The fourth-order valence-corrected chi connectivity index (χ4v) is 3.22. The molecule has 0 heterocycles. The van der Waals surface area contributed by atoms with Crippen molar-refractivity contribution < 1.29 is 27.5 Å². The van der Waals surface area contributed by atoms with E-state index in [1.807, 2.05) is 0 Å². The number of rotatable bonds is 11. The van der Waals surface area contributed by atoms with Crippen molar-refractivity contribution in [3.8, 4) is 0 Å². The van der Waals surface area contributed by atoms with Crippen molar-refractivity contribution in [2.24, 2.45) is 0 Å². The summed E-state index contributed by atoms with van der Waals surface area (Å²) in [5.74, 6) is 0. The van der Waals surface area contributed by atoms with E-state index in [4.69, 9.17) is 20.9 Å². The van der Waals surface area contributed by atoms with Crippen LogP contribution in [0, 0.1) is 20.2 Å². The Balaban J connectivity index is 1.79. The largest absolute Gasteiger partial charge is 0.491 e. The fourth-order valence-electron chi connectivity index (χ4n) is 2.20. The maximum Gasteiger partial charge on any atom is 0.491 e. The van der Waals surface area contributed by atoms with Gasteiger partial charge in [0.05, 0.1) is 34.9 Å². The fraction of sp³-hybridized carbons (Fsp3) is 0.250.